The van der Waals surface area contributed by atoms with E-state index in [-0.39, 0.29) is 11.3 Å². The molecule has 19 heavy (non-hydrogen) atoms. The van der Waals surface area contributed by atoms with Crippen molar-refractivity contribution in [3.05, 3.63) is 0 Å². The third-order valence-electron chi connectivity index (χ3n) is 5.72. The Bertz CT molecular complexity index is 339. The molecule has 3 heteroatoms. The van der Waals surface area contributed by atoms with E-state index in [1.807, 2.05) is 0 Å². The fourth-order valence-electron chi connectivity index (χ4n) is 4.40. The molecule has 0 aromatic carbocycles. The van der Waals surface area contributed by atoms with Crippen molar-refractivity contribution in [2.45, 2.75) is 58.4 Å². The highest BCUT2D eigenvalue weighted by Crippen LogP contribution is 2.42. The lowest BCUT2D eigenvalue weighted by Gasteiger charge is -2.39. The molecule has 1 aliphatic carbocycles. The quantitative estimate of drug-likeness (QED) is 0.789. The van der Waals surface area contributed by atoms with E-state index in [2.05, 4.69) is 24.1 Å². The number of nitrogens with zero attached hydrogens (tertiary/aromatic N) is 1. The highest BCUT2D eigenvalue weighted by Gasteiger charge is 2.43. The first-order chi connectivity index (χ1) is 9.08. The second kappa shape index (κ2) is 5.08. The molecular formula is C16H28N2O. The first kappa shape index (κ1) is 13.4. The van der Waals surface area contributed by atoms with E-state index in [4.69, 9.17) is 0 Å². The van der Waals surface area contributed by atoms with E-state index in [0.29, 0.717) is 17.9 Å². The number of carbonyl (C=O) groups excluding carboxylic acids is 1. The number of carbonyl (C=O) groups is 1. The summed E-state index contributed by atoms with van der Waals surface area (Å²) < 4.78 is 0. The van der Waals surface area contributed by atoms with E-state index in [1.54, 1.807) is 0 Å². The minimum absolute atomic E-state index is 0.205. The van der Waals surface area contributed by atoms with Gasteiger partial charge >= 0.3 is 0 Å². The average Bonchev–Trinajstić information content (AvgIpc) is 2.81. The third-order valence-corrected chi connectivity index (χ3v) is 5.72. The molecule has 1 saturated carbocycles. The summed E-state index contributed by atoms with van der Waals surface area (Å²) in [5, 5.41) is 3.60. The van der Waals surface area contributed by atoms with Gasteiger partial charge in [-0.05, 0) is 43.6 Å². The molecule has 3 rings (SSSR count). The third kappa shape index (κ3) is 2.54. The summed E-state index contributed by atoms with van der Waals surface area (Å²) in [5.74, 6) is 1.42. The Kier molecular flexibility index (Phi) is 3.59. The lowest BCUT2D eigenvalue weighted by Crippen LogP contribution is -2.44. The van der Waals surface area contributed by atoms with Crippen molar-refractivity contribution in [3.63, 3.8) is 0 Å². The van der Waals surface area contributed by atoms with Gasteiger partial charge in [0.1, 0.15) is 0 Å². The Balaban J connectivity index is 1.67. The maximum atomic E-state index is 12.9. The SMILES string of the molecule is CC1(C)CCCCC1C(=O)N1C[C@@H]2CCCN[C@@H]2C1. The molecule has 3 fully saturated rings. The predicted molar refractivity (Wildman–Crippen MR) is 76.8 cm³/mol. The van der Waals surface area contributed by atoms with Crippen LogP contribution in [0.15, 0.2) is 0 Å². The van der Waals surface area contributed by atoms with Crippen molar-refractivity contribution in [2.24, 2.45) is 17.3 Å². The molecule has 0 radical (unpaired) electrons. The Hall–Kier alpha value is -0.570. The number of hydrogen-bond acceptors (Lipinski definition) is 2. The fourth-order valence-corrected chi connectivity index (χ4v) is 4.40. The number of piperidine rings is 1. The monoisotopic (exact) mass is 264 g/mol. The molecule has 1 unspecified atom stereocenters. The van der Waals surface area contributed by atoms with Crippen molar-refractivity contribution in [2.75, 3.05) is 19.6 Å². The summed E-state index contributed by atoms with van der Waals surface area (Å²) in [6.45, 7) is 7.67. The maximum absolute atomic E-state index is 12.9. The van der Waals surface area contributed by atoms with E-state index < -0.39 is 0 Å². The van der Waals surface area contributed by atoms with Gasteiger partial charge in [-0.3, -0.25) is 4.79 Å². The minimum atomic E-state index is 0.205. The fraction of sp³-hybridized carbons (Fsp3) is 0.938. The molecule has 1 N–H and O–H groups in total. The highest BCUT2D eigenvalue weighted by molar-refractivity contribution is 5.80. The Morgan fingerprint density at radius 1 is 1.16 bits per heavy atom. The lowest BCUT2D eigenvalue weighted by atomic mass is 9.68. The smallest absolute Gasteiger partial charge is 0.226 e. The second-order valence-electron chi connectivity index (χ2n) is 7.49. The second-order valence-corrected chi connectivity index (χ2v) is 7.49. The van der Waals surface area contributed by atoms with Gasteiger partial charge in [-0.2, -0.15) is 0 Å². The Morgan fingerprint density at radius 3 is 2.74 bits per heavy atom. The molecule has 0 bridgehead atoms. The number of rotatable bonds is 1. The lowest BCUT2D eigenvalue weighted by molar-refractivity contribution is -0.140. The van der Waals surface area contributed by atoms with E-state index >= 15 is 0 Å². The van der Waals surface area contributed by atoms with Gasteiger partial charge in [0.25, 0.3) is 0 Å². The van der Waals surface area contributed by atoms with Gasteiger partial charge in [0.05, 0.1) is 0 Å². The van der Waals surface area contributed by atoms with Gasteiger partial charge in [0.15, 0.2) is 0 Å². The maximum Gasteiger partial charge on any atom is 0.226 e. The van der Waals surface area contributed by atoms with Crippen LogP contribution >= 0.6 is 0 Å². The van der Waals surface area contributed by atoms with Crippen molar-refractivity contribution in [1.82, 2.24) is 10.2 Å². The molecule has 0 aromatic heterocycles. The van der Waals surface area contributed by atoms with Crippen LogP contribution in [0.4, 0.5) is 0 Å². The van der Waals surface area contributed by atoms with Crippen LogP contribution in [-0.4, -0.2) is 36.5 Å². The Morgan fingerprint density at radius 2 is 2.00 bits per heavy atom. The van der Waals surface area contributed by atoms with Gasteiger partial charge in [-0.15, -0.1) is 0 Å². The molecule has 2 aliphatic heterocycles. The average molecular weight is 264 g/mol. The van der Waals surface area contributed by atoms with E-state index in [1.165, 1.54) is 32.1 Å². The zero-order valence-corrected chi connectivity index (χ0v) is 12.5. The molecule has 3 nitrogen and oxygen atoms in total. The number of nitrogens with one attached hydrogen (secondary N) is 1. The largest absolute Gasteiger partial charge is 0.341 e. The van der Waals surface area contributed by atoms with Crippen LogP contribution in [0.1, 0.15) is 52.4 Å². The van der Waals surface area contributed by atoms with Crippen LogP contribution in [0.2, 0.25) is 0 Å². The molecule has 0 spiro atoms. The first-order valence-electron chi connectivity index (χ1n) is 8.10. The molecule has 2 saturated heterocycles. The molecule has 2 heterocycles. The normalized spacial score (nSPS) is 38.0. The van der Waals surface area contributed by atoms with Crippen LogP contribution in [0.3, 0.4) is 0 Å². The zero-order valence-electron chi connectivity index (χ0n) is 12.5. The van der Waals surface area contributed by atoms with Gasteiger partial charge in [-0.1, -0.05) is 26.7 Å². The highest BCUT2D eigenvalue weighted by atomic mass is 16.2. The molecule has 3 aliphatic rings. The topological polar surface area (TPSA) is 32.3 Å². The standard InChI is InChI=1S/C16H28N2O/c1-16(2)8-4-3-7-13(16)15(19)18-10-12-6-5-9-17-14(12)11-18/h12-14,17H,3-11H2,1-2H3/t12-,13?,14+/m0/s1. The van der Waals surface area contributed by atoms with E-state index in [0.717, 1.165) is 26.1 Å². The summed E-state index contributed by atoms with van der Waals surface area (Å²) in [7, 11) is 0. The van der Waals surface area contributed by atoms with Gasteiger partial charge in [-0.25, -0.2) is 0 Å². The van der Waals surface area contributed by atoms with Crippen molar-refractivity contribution in [3.8, 4) is 0 Å². The van der Waals surface area contributed by atoms with Crippen molar-refractivity contribution < 1.29 is 4.79 Å². The van der Waals surface area contributed by atoms with Crippen LogP contribution in [0.5, 0.6) is 0 Å². The van der Waals surface area contributed by atoms with Crippen LogP contribution in [0, 0.1) is 17.3 Å². The van der Waals surface area contributed by atoms with Crippen molar-refractivity contribution in [1.29, 1.82) is 0 Å². The zero-order chi connectivity index (χ0) is 13.5. The number of fused-ring (bicyclic) bond motifs is 1. The first-order valence-corrected chi connectivity index (χ1v) is 8.10. The van der Waals surface area contributed by atoms with Gasteiger partial charge < -0.3 is 10.2 Å². The van der Waals surface area contributed by atoms with Gasteiger partial charge in [0, 0.05) is 25.0 Å². The van der Waals surface area contributed by atoms with Crippen molar-refractivity contribution >= 4 is 5.91 Å². The summed E-state index contributed by atoms with van der Waals surface area (Å²) in [6, 6.07) is 0.574. The summed E-state index contributed by atoms with van der Waals surface area (Å²) in [6.07, 6.45) is 7.42. The number of amides is 1. The summed E-state index contributed by atoms with van der Waals surface area (Å²) in [5.41, 5.74) is 0.205. The predicted octanol–water partition coefficient (Wildman–Crippen LogP) is 2.41. The molecule has 108 valence electrons. The van der Waals surface area contributed by atoms with Crippen LogP contribution < -0.4 is 5.32 Å². The number of hydrogen-bond donors (Lipinski definition) is 1. The number of likely N-dealkylation sites (tertiary alicyclic amines) is 1. The van der Waals surface area contributed by atoms with Crippen LogP contribution in [-0.2, 0) is 4.79 Å². The van der Waals surface area contributed by atoms with E-state index in [9.17, 15) is 4.79 Å². The summed E-state index contributed by atoms with van der Waals surface area (Å²) >= 11 is 0. The molecule has 1 amide bonds. The van der Waals surface area contributed by atoms with Gasteiger partial charge in [0.2, 0.25) is 5.91 Å². The minimum Gasteiger partial charge on any atom is -0.341 e. The summed E-state index contributed by atoms with van der Waals surface area (Å²) in [4.78, 5) is 15.0. The Labute approximate surface area is 117 Å². The van der Waals surface area contributed by atoms with Crippen LogP contribution in [0.25, 0.3) is 0 Å². The molecule has 3 atom stereocenters. The molecular weight excluding hydrogens is 236 g/mol. The molecule has 0 aromatic rings.